The Morgan fingerprint density at radius 3 is 1.97 bits per heavy atom. The van der Waals surface area contributed by atoms with Crippen molar-refractivity contribution in [2.45, 2.75) is 52.4 Å². The zero-order chi connectivity index (χ0) is 27.2. The van der Waals surface area contributed by atoms with Crippen LogP contribution >= 0.6 is 0 Å². The summed E-state index contributed by atoms with van der Waals surface area (Å²) in [6.45, 7) is 1.05. The number of benzene rings is 3. The number of rotatable bonds is 15. The Hall–Kier alpha value is -3.64. The molecule has 3 rings (SSSR count). The number of unbranched alkanes of at least 4 members (excludes halogenated alkanes) is 5. The quantitative estimate of drug-likeness (QED) is 0.127. The van der Waals surface area contributed by atoms with Crippen LogP contribution in [0.15, 0.2) is 78.9 Å². The van der Waals surface area contributed by atoms with Gasteiger partial charge < -0.3 is 14.8 Å². The van der Waals surface area contributed by atoms with Gasteiger partial charge in [-0.1, -0.05) is 75.6 Å². The second-order valence-corrected chi connectivity index (χ2v) is 10.4. The Morgan fingerprint density at radius 2 is 1.31 bits per heavy atom. The fourth-order valence-electron chi connectivity index (χ4n) is 4.06. The Bertz CT molecular complexity index is 1140. The summed E-state index contributed by atoms with van der Waals surface area (Å²) in [5.74, 6) is 0.259. The molecule has 0 bridgehead atoms. The molecule has 210 valence electrons. The molecule has 0 radical (unpaired) electrons. The van der Waals surface area contributed by atoms with Gasteiger partial charge >= 0.3 is 5.97 Å². The molecule has 0 saturated carbocycles. The molecule has 3 aromatic rings. The zero-order valence-electron chi connectivity index (χ0n) is 22.9. The summed E-state index contributed by atoms with van der Waals surface area (Å²) in [4.78, 5) is 24.8. The molecule has 1 N–H and O–H groups in total. The minimum Gasteiger partial charge on any atom is -0.493 e. The summed E-state index contributed by atoms with van der Waals surface area (Å²) in [5, 5.41) is 2.91. The van der Waals surface area contributed by atoms with Crippen molar-refractivity contribution < 1.29 is 19.1 Å². The van der Waals surface area contributed by atoms with Crippen LogP contribution in [0.1, 0.15) is 61.9 Å². The molecule has 0 aromatic heterocycles. The SMILES string of the molecule is C.C[N+](C)(C)c1ccc(CC(=O)OCCCCCCCCOc2ccccc2C(=O)Nc2ccccc2)cc1. The Kier molecular flexibility index (Phi) is 13.2. The normalized spacial score (nSPS) is 10.8. The smallest absolute Gasteiger partial charge is 0.310 e. The fraction of sp³-hybridized carbons (Fsp3) is 0.394. The highest BCUT2D eigenvalue weighted by Crippen LogP contribution is 2.21. The summed E-state index contributed by atoms with van der Waals surface area (Å²) in [6, 6.07) is 24.9. The van der Waals surface area contributed by atoms with E-state index in [9.17, 15) is 9.59 Å². The van der Waals surface area contributed by atoms with E-state index in [2.05, 4.69) is 38.6 Å². The number of quaternary nitrogens is 1. The van der Waals surface area contributed by atoms with E-state index in [0.29, 0.717) is 30.9 Å². The van der Waals surface area contributed by atoms with Crippen molar-refractivity contribution in [1.82, 2.24) is 4.48 Å². The second-order valence-electron chi connectivity index (χ2n) is 10.4. The van der Waals surface area contributed by atoms with Gasteiger partial charge in [0.25, 0.3) is 5.91 Å². The predicted octanol–water partition coefficient (Wildman–Crippen LogP) is 7.28. The van der Waals surface area contributed by atoms with Gasteiger partial charge in [-0.25, -0.2) is 0 Å². The molecule has 1 amide bonds. The summed E-state index contributed by atoms with van der Waals surface area (Å²) >= 11 is 0. The minimum absolute atomic E-state index is 0. The van der Waals surface area contributed by atoms with Crippen molar-refractivity contribution >= 4 is 23.3 Å². The number of hydrogen-bond donors (Lipinski definition) is 1. The molecular formula is C33H45N2O4+. The highest BCUT2D eigenvalue weighted by Gasteiger charge is 2.13. The summed E-state index contributed by atoms with van der Waals surface area (Å²) in [5.41, 5.74) is 3.47. The summed E-state index contributed by atoms with van der Waals surface area (Å²) < 4.78 is 12.1. The van der Waals surface area contributed by atoms with Crippen molar-refractivity contribution in [2.75, 3.05) is 39.7 Å². The largest absolute Gasteiger partial charge is 0.493 e. The third kappa shape index (κ3) is 11.3. The molecule has 3 aromatic carbocycles. The second kappa shape index (κ2) is 16.4. The molecule has 0 spiro atoms. The molecular weight excluding hydrogens is 488 g/mol. The first-order valence-electron chi connectivity index (χ1n) is 13.5. The van der Waals surface area contributed by atoms with Crippen LogP contribution in [-0.4, -0.2) is 46.2 Å². The van der Waals surface area contributed by atoms with Crippen LogP contribution in [0.2, 0.25) is 0 Å². The Balaban J connectivity index is 0.00000533. The number of hydrogen-bond acceptors (Lipinski definition) is 4. The van der Waals surface area contributed by atoms with Gasteiger partial charge in [0.2, 0.25) is 0 Å². The van der Waals surface area contributed by atoms with Gasteiger partial charge in [-0.05, 0) is 54.8 Å². The number of anilines is 1. The number of para-hydroxylation sites is 2. The van der Waals surface area contributed by atoms with E-state index >= 15 is 0 Å². The van der Waals surface area contributed by atoms with Gasteiger partial charge in [-0.3, -0.25) is 14.1 Å². The number of carbonyl (C=O) groups is 2. The third-order valence-corrected chi connectivity index (χ3v) is 6.28. The fourth-order valence-corrected chi connectivity index (χ4v) is 4.06. The molecule has 0 saturated heterocycles. The molecule has 0 aliphatic carbocycles. The number of ether oxygens (including phenoxy) is 2. The van der Waals surface area contributed by atoms with Crippen molar-refractivity contribution in [3.05, 3.63) is 90.0 Å². The first-order valence-corrected chi connectivity index (χ1v) is 13.5. The average molecular weight is 534 g/mol. The van der Waals surface area contributed by atoms with Crippen molar-refractivity contribution in [1.29, 1.82) is 0 Å². The predicted molar refractivity (Wildman–Crippen MR) is 161 cm³/mol. The van der Waals surface area contributed by atoms with Crippen molar-refractivity contribution in [3.63, 3.8) is 0 Å². The molecule has 0 heterocycles. The molecule has 39 heavy (non-hydrogen) atoms. The Morgan fingerprint density at radius 1 is 0.718 bits per heavy atom. The topological polar surface area (TPSA) is 64.6 Å². The van der Waals surface area contributed by atoms with Gasteiger partial charge in [0.1, 0.15) is 11.4 Å². The van der Waals surface area contributed by atoms with E-state index < -0.39 is 0 Å². The van der Waals surface area contributed by atoms with E-state index in [1.807, 2.05) is 60.7 Å². The van der Waals surface area contributed by atoms with Crippen LogP contribution in [0.5, 0.6) is 5.75 Å². The summed E-state index contributed by atoms with van der Waals surface area (Å²) in [7, 11) is 6.35. The number of nitrogens with one attached hydrogen (secondary N) is 1. The van der Waals surface area contributed by atoms with Crippen LogP contribution in [0, 0.1) is 0 Å². The molecule has 0 atom stereocenters. The van der Waals surface area contributed by atoms with E-state index in [1.165, 1.54) is 5.69 Å². The summed E-state index contributed by atoms with van der Waals surface area (Å²) in [6.07, 6.45) is 6.42. The molecule has 0 fully saturated rings. The average Bonchev–Trinajstić information content (AvgIpc) is 2.90. The zero-order valence-corrected chi connectivity index (χ0v) is 22.9. The first-order chi connectivity index (χ1) is 18.3. The van der Waals surface area contributed by atoms with Crippen LogP contribution in [0.25, 0.3) is 0 Å². The lowest BCUT2D eigenvalue weighted by molar-refractivity contribution is -0.142. The lowest BCUT2D eigenvalue weighted by Gasteiger charge is -2.23. The van der Waals surface area contributed by atoms with Crippen LogP contribution in [-0.2, 0) is 16.0 Å². The lowest BCUT2D eigenvalue weighted by Crippen LogP contribution is -2.34. The van der Waals surface area contributed by atoms with Gasteiger partial charge in [0.15, 0.2) is 0 Å². The maximum Gasteiger partial charge on any atom is 0.310 e. The van der Waals surface area contributed by atoms with E-state index in [-0.39, 0.29) is 19.3 Å². The standard InChI is InChI=1S/C32H40N2O4.CH4/c1-34(2,3)28-21-19-26(20-22-28)25-31(35)38-24-14-7-5-4-6-13-23-37-30-18-12-11-17-29(30)32(36)33-27-15-9-8-10-16-27;/h8-12,15-22H,4-7,13-14,23-25H2,1-3H3;1H4/p+1. The maximum absolute atomic E-state index is 12.7. The number of esters is 1. The van der Waals surface area contributed by atoms with Gasteiger partial charge in [-0.2, -0.15) is 0 Å². The Labute approximate surface area is 234 Å². The molecule has 0 aliphatic heterocycles. The third-order valence-electron chi connectivity index (χ3n) is 6.28. The van der Waals surface area contributed by atoms with Crippen LogP contribution < -0.4 is 14.5 Å². The van der Waals surface area contributed by atoms with E-state index in [0.717, 1.165) is 54.3 Å². The molecule has 0 aliphatic rings. The van der Waals surface area contributed by atoms with Crippen LogP contribution in [0.3, 0.4) is 0 Å². The molecule has 6 nitrogen and oxygen atoms in total. The minimum atomic E-state index is -0.176. The van der Waals surface area contributed by atoms with Crippen LogP contribution in [0.4, 0.5) is 11.4 Å². The van der Waals surface area contributed by atoms with Crippen molar-refractivity contribution in [3.8, 4) is 5.75 Å². The molecule has 6 heteroatoms. The number of nitrogens with zero attached hydrogens (tertiary/aromatic N) is 1. The first kappa shape index (κ1) is 31.6. The van der Waals surface area contributed by atoms with Gasteiger partial charge in [0.05, 0.1) is 46.3 Å². The van der Waals surface area contributed by atoms with E-state index in [1.54, 1.807) is 6.07 Å². The van der Waals surface area contributed by atoms with Gasteiger partial charge in [-0.15, -0.1) is 0 Å². The van der Waals surface area contributed by atoms with E-state index in [4.69, 9.17) is 9.47 Å². The van der Waals surface area contributed by atoms with Gasteiger partial charge in [0, 0.05) is 5.69 Å². The highest BCUT2D eigenvalue weighted by molar-refractivity contribution is 6.06. The van der Waals surface area contributed by atoms with Crippen molar-refractivity contribution in [2.24, 2.45) is 0 Å². The highest BCUT2D eigenvalue weighted by atomic mass is 16.5. The monoisotopic (exact) mass is 533 g/mol. The number of carbonyl (C=O) groups excluding carboxylic acids is 2. The molecule has 0 unspecified atom stereocenters. The maximum atomic E-state index is 12.7. The lowest BCUT2D eigenvalue weighted by atomic mass is 10.1. The number of amides is 1.